The average molecular weight is 344 g/mol. The van der Waals surface area contributed by atoms with E-state index in [-0.39, 0.29) is 0 Å². The summed E-state index contributed by atoms with van der Waals surface area (Å²) in [6.07, 6.45) is 8.29. The Morgan fingerprint density at radius 2 is 1.80 bits per heavy atom. The number of hydrogen-bond donors (Lipinski definition) is 2. The van der Waals surface area contributed by atoms with Crippen molar-refractivity contribution in [2.24, 2.45) is 5.92 Å². The quantitative estimate of drug-likeness (QED) is 0.749. The Balaban J connectivity index is 1.59. The number of piperidine rings is 1. The van der Waals surface area contributed by atoms with Crippen LogP contribution in [0.5, 0.6) is 0 Å². The summed E-state index contributed by atoms with van der Waals surface area (Å²) >= 11 is 0. The van der Waals surface area contributed by atoms with Gasteiger partial charge in [0.05, 0.1) is 0 Å². The molecule has 2 fully saturated rings. The molecule has 140 valence electrons. The SMILES string of the molecule is CCN(CC)Cc1ccccc1CNC1CCCC1C1CCCCN1. The van der Waals surface area contributed by atoms with Crippen LogP contribution in [0.3, 0.4) is 0 Å². The molecule has 0 radical (unpaired) electrons. The minimum atomic E-state index is 0.692. The largest absolute Gasteiger partial charge is 0.314 e. The molecule has 1 aromatic rings. The van der Waals surface area contributed by atoms with Gasteiger partial charge in [-0.25, -0.2) is 0 Å². The molecule has 25 heavy (non-hydrogen) atoms. The smallest absolute Gasteiger partial charge is 0.0236 e. The van der Waals surface area contributed by atoms with Gasteiger partial charge in [-0.15, -0.1) is 0 Å². The lowest BCUT2D eigenvalue weighted by Crippen LogP contribution is -2.46. The van der Waals surface area contributed by atoms with E-state index < -0.39 is 0 Å². The third-order valence-corrected chi connectivity index (χ3v) is 6.40. The van der Waals surface area contributed by atoms with Crippen LogP contribution in [0, 0.1) is 5.92 Å². The number of nitrogens with zero attached hydrogens (tertiary/aromatic N) is 1. The molecule has 2 aliphatic rings. The maximum absolute atomic E-state index is 3.94. The van der Waals surface area contributed by atoms with E-state index in [1.807, 2.05) is 0 Å². The molecule has 0 amide bonds. The predicted octanol–water partition coefficient (Wildman–Crippen LogP) is 3.93. The van der Waals surface area contributed by atoms with Crippen LogP contribution in [0.25, 0.3) is 0 Å². The standard InChI is InChI=1S/C22H37N3/c1-3-25(4-2)17-19-11-6-5-10-18(19)16-24-22-14-9-12-20(22)21-13-7-8-15-23-21/h5-6,10-11,20-24H,3-4,7-9,12-17H2,1-2H3. The molecule has 1 saturated carbocycles. The molecule has 0 spiro atoms. The second-order valence-electron chi connectivity index (χ2n) is 7.87. The zero-order chi connectivity index (χ0) is 17.5. The number of hydrogen-bond acceptors (Lipinski definition) is 3. The molecule has 1 aliphatic heterocycles. The zero-order valence-corrected chi connectivity index (χ0v) is 16.3. The van der Waals surface area contributed by atoms with Crippen LogP contribution in [-0.4, -0.2) is 36.6 Å². The van der Waals surface area contributed by atoms with Gasteiger partial charge < -0.3 is 10.6 Å². The molecule has 3 heteroatoms. The van der Waals surface area contributed by atoms with Crippen molar-refractivity contribution in [1.29, 1.82) is 0 Å². The maximum Gasteiger partial charge on any atom is 0.0236 e. The predicted molar refractivity (Wildman–Crippen MR) is 107 cm³/mol. The van der Waals surface area contributed by atoms with Crippen molar-refractivity contribution in [2.75, 3.05) is 19.6 Å². The zero-order valence-electron chi connectivity index (χ0n) is 16.3. The van der Waals surface area contributed by atoms with E-state index in [1.54, 1.807) is 0 Å². The van der Waals surface area contributed by atoms with Crippen molar-refractivity contribution in [3.05, 3.63) is 35.4 Å². The second-order valence-corrected chi connectivity index (χ2v) is 7.87. The summed E-state index contributed by atoms with van der Waals surface area (Å²) < 4.78 is 0. The first-order chi connectivity index (χ1) is 12.3. The molecule has 0 aromatic heterocycles. The van der Waals surface area contributed by atoms with Gasteiger partial charge in [0, 0.05) is 25.2 Å². The summed E-state index contributed by atoms with van der Waals surface area (Å²) in [6, 6.07) is 10.4. The van der Waals surface area contributed by atoms with Crippen molar-refractivity contribution >= 4 is 0 Å². The van der Waals surface area contributed by atoms with E-state index in [4.69, 9.17) is 0 Å². The van der Waals surface area contributed by atoms with Crippen molar-refractivity contribution in [3.63, 3.8) is 0 Å². The molecule has 1 heterocycles. The summed E-state index contributed by atoms with van der Waals surface area (Å²) in [7, 11) is 0. The Labute approximate surface area is 154 Å². The monoisotopic (exact) mass is 343 g/mol. The lowest BCUT2D eigenvalue weighted by atomic mass is 9.88. The van der Waals surface area contributed by atoms with E-state index >= 15 is 0 Å². The highest BCUT2D eigenvalue weighted by Crippen LogP contribution is 2.32. The lowest BCUT2D eigenvalue weighted by Gasteiger charge is -2.33. The third-order valence-electron chi connectivity index (χ3n) is 6.40. The van der Waals surface area contributed by atoms with Gasteiger partial charge >= 0.3 is 0 Å². The van der Waals surface area contributed by atoms with Gasteiger partial charge in [0.25, 0.3) is 0 Å². The van der Waals surface area contributed by atoms with Crippen LogP contribution in [0.2, 0.25) is 0 Å². The Kier molecular flexibility index (Phi) is 7.33. The molecule has 3 nitrogen and oxygen atoms in total. The highest BCUT2D eigenvalue weighted by molar-refractivity contribution is 5.27. The van der Waals surface area contributed by atoms with Crippen LogP contribution >= 0.6 is 0 Å². The van der Waals surface area contributed by atoms with Gasteiger partial charge in [0.1, 0.15) is 0 Å². The van der Waals surface area contributed by atoms with Crippen molar-refractivity contribution < 1.29 is 0 Å². The van der Waals surface area contributed by atoms with Gasteiger partial charge in [-0.3, -0.25) is 4.90 Å². The first-order valence-corrected chi connectivity index (χ1v) is 10.6. The first-order valence-electron chi connectivity index (χ1n) is 10.6. The van der Waals surface area contributed by atoms with E-state index in [9.17, 15) is 0 Å². The first kappa shape index (κ1) is 18.9. The fourth-order valence-corrected chi connectivity index (χ4v) is 4.78. The highest BCUT2D eigenvalue weighted by atomic mass is 15.1. The fraction of sp³-hybridized carbons (Fsp3) is 0.727. The second kappa shape index (κ2) is 9.70. The Hall–Kier alpha value is -0.900. The average Bonchev–Trinajstić information content (AvgIpc) is 3.14. The normalized spacial score (nSPS) is 27.1. The van der Waals surface area contributed by atoms with Gasteiger partial charge in [0.15, 0.2) is 0 Å². The van der Waals surface area contributed by atoms with Crippen molar-refractivity contribution in [3.8, 4) is 0 Å². The maximum atomic E-state index is 3.94. The van der Waals surface area contributed by atoms with E-state index in [0.29, 0.717) is 6.04 Å². The molecule has 1 aromatic carbocycles. The molecule has 1 saturated heterocycles. The van der Waals surface area contributed by atoms with Gasteiger partial charge in [-0.2, -0.15) is 0 Å². The summed E-state index contributed by atoms with van der Waals surface area (Å²) in [5.41, 5.74) is 2.97. The molecule has 0 bridgehead atoms. The molecular formula is C22H37N3. The summed E-state index contributed by atoms with van der Waals surface area (Å²) in [6.45, 7) is 10.1. The summed E-state index contributed by atoms with van der Waals surface area (Å²) in [4.78, 5) is 2.50. The van der Waals surface area contributed by atoms with Gasteiger partial charge in [-0.05, 0) is 62.4 Å². The van der Waals surface area contributed by atoms with E-state index in [1.165, 1.54) is 56.2 Å². The summed E-state index contributed by atoms with van der Waals surface area (Å²) in [5, 5.41) is 7.73. The number of nitrogens with one attached hydrogen (secondary N) is 2. The van der Waals surface area contributed by atoms with Crippen LogP contribution in [0.15, 0.2) is 24.3 Å². The van der Waals surface area contributed by atoms with Crippen molar-refractivity contribution in [2.45, 2.75) is 77.5 Å². The Bertz CT molecular complexity index is 506. The molecular weight excluding hydrogens is 306 g/mol. The molecule has 2 N–H and O–H groups in total. The number of benzene rings is 1. The van der Waals surface area contributed by atoms with E-state index in [2.05, 4.69) is 53.6 Å². The van der Waals surface area contributed by atoms with Crippen LogP contribution in [-0.2, 0) is 13.1 Å². The minimum Gasteiger partial charge on any atom is -0.314 e. The topological polar surface area (TPSA) is 27.3 Å². The number of rotatable bonds is 8. The molecule has 3 atom stereocenters. The molecule has 1 aliphatic carbocycles. The van der Waals surface area contributed by atoms with Gasteiger partial charge in [-0.1, -0.05) is 51.0 Å². The Morgan fingerprint density at radius 3 is 2.52 bits per heavy atom. The highest BCUT2D eigenvalue weighted by Gasteiger charge is 2.33. The van der Waals surface area contributed by atoms with Crippen LogP contribution < -0.4 is 10.6 Å². The van der Waals surface area contributed by atoms with Gasteiger partial charge in [0.2, 0.25) is 0 Å². The minimum absolute atomic E-state index is 0.692. The van der Waals surface area contributed by atoms with E-state index in [0.717, 1.165) is 38.1 Å². The lowest BCUT2D eigenvalue weighted by molar-refractivity contribution is 0.256. The molecule has 3 unspecified atom stereocenters. The molecule has 3 rings (SSSR count). The van der Waals surface area contributed by atoms with Crippen LogP contribution in [0.4, 0.5) is 0 Å². The Morgan fingerprint density at radius 1 is 1.00 bits per heavy atom. The fourth-order valence-electron chi connectivity index (χ4n) is 4.78. The van der Waals surface area contributed by atoms with Crippen LogP contribution in [0.1, 0.15) is 63.5 Å². The summed E-state index contributed by atoms with van der Waals surface area (Å²) in [5.74, 6) is 0.829. The third kappa shape index (κ3) is 5.06. The van der Waals surface area contributed by atoms with Crippen molar-refractivity contribution in [1.82, 2.24) is 15.5 Å².